The lowest BCUT2D eigenvalue weighted by Crippen LogP contribution is -2.57. The highest BCUT2D eigenvalue weighted by Gasteiger charge is 2.41. The van der Waals surface area contributed by atoms with Gasteiger partial charge < -0.3 is 16.0 Å². The SMILES string of the molecule is Cc1ccc(NC(C)(C)C(=O)N2CCCC(C)(C(N)=O)C2)cc1. The predicted molar refractivity (Wildman–Crippen MR) is 92.0 cm³/mol. The topological polar surface area (TPSA) is 75.4 Å². The molecule has 2 amide bonds. The molecule has 1 saturated heterocycles. The van der Waals surface area contributed by atoms with Crippen molar-refractivity contribution in [3.63, 3.8) is 0 Å². The number of likely N-dealkylation sites (tertiary alicyclic amines) is 1. The first-order valence-corrected chi connectivity index (χ1v) is 8.08. The molecule has 3 N–H and O–H groups in total. The van der Waals surface area contributed by atoms with E-state index in [0.717, 1.165) is 18.5 Å². The van der Waals surface area contributed by atoms with Crippen molar-refractivity contribution >= 4 is 17.5 Å². The maximum Gasteiger partial charge on any atom is 0.247 e. The van der Waals surface area contributed by atoms with Crippen molar-refractivity contribution in [3.05, 3.63) is 29.8 Å². The van der Waals surface area contributed by atoms with Crippen molar-refractivity contribution in [2.24, 2.45) is 11.1 Å². The number of nitrogens with zero attached hydrogens (tertiary/aromatic N) is 1. The summed E-state index contributed by atoms with van der Waals surface area (Å²) in [6.07, 6.45) is 1.53. The van der Waals surface area contributed by atoms with Crippen LogP contribution in [0.15, 0.2) is 24.3 Å². The molecule has 2 rings (SSSR count). The molecule has 0 aliphatic carbocycles. The van der Waals surface area contributed by atoms with Gasteiger partial charge in [0.15, 0.2) is 0 Å². The van der Waals surface area contributed by atoms with Gasteiger partial charge in [0, 0.05) is 18.8 Å². The maximum atomic E-state index is 12.9. The van der Waals surface area contributed by atoms with E-state index in [1.54, 1.807) is 4.90 Å². The predicted octanol–water partition coefficient (Wildman–Crippen LogP) is 2.30. The maximum absolute atomic E-state index is 12.9. The molecule has 0 aromatic heterocycles. The lowest BCUT2D eigenvalue weighted by Gasteiger charge is -2.41. The minimum atomic E-state index is -0.745. The number of carbonyl (C=O) groups is 2. The summed E-state index contributed by atoms with van der Waals surface area (Å²) in [5.74, 6) is -0.343. The number of rotatable bonds is 4. The van der Waals surface area contributed by atoms with Gasteiger partial charge >= 0.3 is 0 Å². The van der Waals surface area contributed by atoms with Crippen molar-refractivity contribution in [2.75, 3.05) is 18.4 Å². The summed E-state index contributed by atoms with van der Waals surface area (Å²) >= 11 is 0. The lowest BCUT2D eigenvalue weighted by atomic mass is 9.80. The summed E-state index contributed by atoms with van der Waals surface area (Å²) < 4.78 is 0. The Hall–Kier alpha value is -2.04. The normalized spacial score (nSPS) is 21.8. The molecule has 1 aliphatic heterocycles. The second kappa shape index (κ2) is 6.22. The van der Waals surface area contributed by atoms with Crippen LogP contribution in [0.2, 0.25) is 0 Å². The van der Waals surface area contributed by atoms with Gasteiger partial charge in [0.1, 0.15) is 5.54 Å². The molecule has 1 unspecified atom stereocenters. The number of primary amides is 1. The molecule has 1 aromatic rings. The van der Waals surface area contributed by atoms with E-state index in [4.69, 9.17) is 5.73 Å². The van der Waals surface area contributed by atoms with Gasteiger partial charge in [-0.3, -0.25) is 9.59 Å². The average Bonchev–Trinajstić information content (AvgIpc) is 2.48. The standard InChI is InChI=1S/C18H27N3O2/c1-13-6-8-14(9-7-13)20-17(2,3)16(23)21-11-5-10-18(4,12-21)15(19)22/h6-9,20H,5,10-12H2,1-4H3,(H2,19,22). The molecule has 0 saturated carbocycles. The van der Waals surface area contributed by atoms with E-state index in [-0.39, 0.29) is 11.8 Å². The Balaban J connectivity index is 2.11. The fourth-order valence-corrected chi connectivity index (χ4v) is 3.06. The molecule has 5 heteroatoms. The van der Waals surface area contributed by atoms with Crippen LogP contribution in [-0.2, 0) is 9.59 Å². The van der Waals surface area contributed by atoms with E-state index in [9.17, 15) is 9.59 Å². The minimum absolute atomic E-state index is 0.00903. The highest BCUT2D eigenvalue weighted by molar-refractivity contribution is 5.90. The summed E-state index contributed by atoms with van der Waals surface area (Å²) in [4.78, 5) is 26.4. The van der Waals surface area contributed by atoms with Gasteiger partial charge in [0.05, 0.1) is 5.41 Å². The van der Waals surface area contributed by atoms with E-state index >= 15 is 0 Å². The Kier molecular flexibility index (Phi) is 4.68. The molecule has 1 aliphatic rings. The van der Waals surface area contributed by atoms with Gasteiger partial charge in [-0.25, -0.2) is 0 Å². The van der Waals surface area contributed by atoms with Crippen LogP contribution in [-0.4, -0.2) is 35.3 Å². The zero-order valence-electron chi connectivity index (χ0n) is 14.5. The van der Waals surface area contributed by atoms with Crippen LogP contribution in [0, 0.1) is 12.3 Å². The van der Waals surface area contributed by atoms with Gasteiger partial charge in [-0.15, -0.1) is 0 Å². The second-order valence-electron chi connectivity index (χ2n) is 7.37. The van der Waals surface area contributed by atoms with Crippen molar-refractivity contribution in [2.45, 2.75) is 46.1 Å². The summed E-state index contributed by atoms with van der Waals surface area (Å²) in [6, 6.07) is 7.95. The zero-order chi connectivity index (χ0) is 17.3. The quantitative estimate of drug-likeness (QED) is 0.894. The third-order valence-corrected chi connectivity index (χ3v) is 4.62. The molecule has 5 nitrogen and oxygen atoms in total. The van der Waals surface area contributed by atoms with E-state index < -0.39 is 11.0 Å². The Morgan fingerprint density at radius 2 is 1.87 bits per heavy atom. The molecule has 0 radical (unpaired) electrons. The van der Waals surface area contributed by atoms with Crippen LogP contribution in [0.4, 0.5) is 5.69 Å². The number of anilines is 1. The van der Waals surface area contributed by atoms with E-state index in [1.807, 2.05) is 52.0 Å². The summed E-state index contributed by atoms with van der Waals surface area (Å²) in [6.45, 7) is 8.66. The molecule has 1 fully saturated rings. The number of benzene rings is 1. The Morgan fingerprint density at radius 3 is 2.43 bits per heavy atom. The van der Waals surface area contributed by atoms with Gasteiger partial charge in [-0.1, -0.05) is 17.7 Å². The number of aryl methyl sites for hydroxylation is 1. The molecular formula is C18H27N3O2. The second-order valence-corrected chi connectivity index (χ2v) is 7.37. The molecule has 23 heavy (non-hydrogen) atoms. The van der Waals surface area contributed by atoms with E-state index in [0.29, 0.717) is 13.1 Å². The number of hydrogen-bond acceptors (Lipinski definition) is 3. The first-order valence-electron chi connectivity index (χ1n) is 8.08. The number of piperidine rings is 1. The monoisotopic (exact) mass is 317 g/mol. The number of amides is 2. The molecule has 1 heterocycles. The smallest absolute Gasteiger partial charge is 0.247 e. The van der Waals surface area contributed by atoms with E-state index in [2.05, 4.69) is 5.32 Å². The third-order valence-electron chi connectivity index (χ3n) is 4.62. The largest absolute Gasteiger partial charge is 0.372 e. The van der Waals surface area contributed by atoms with E-state index in [1.165, 1.54) is 5.56 Å². The van der Waals surface area contributed by atoms with Crippen LogP contribution in [0.3, 0.4) is 0 Å². The van der Waals surface area contributed by atoms with Gasteiger partial charge in [-0.2, -0.15) is 0 Å². The zero-order valence-corrected chi connectivity index (χ0v) is 14.5. The van der Waals surface area contributed by atoms with Crippen LogP contribution >= 0.6 is 0 Å². The molecule has 0 bridgehead atoms. The van der Waals surface area contributed by atoms with Crippen LogP contribution < -0.4 is 11.1 Å². The molecule has 0 spiro atoms. The number of nitrogens with one attached hydrogen (secondary N) is 1. The lowest BCUT2D eigenvalue weighted by molar-refractivity contribution is -0.141. The van der Waals surface area contributed by atoms with Gasteiger partial charge in [-0.05, 0) is 52.7 Å². The Morgan fingerprint density at radius 1 is 1.26 bits per heavy atom. The van der Waals surface area contributed by atoms with Crippen molar-refractivity contribution in [1.82, 2.24) is 4.90 Å². The van der Waals surface area contributed by atoms with Crippen LogP contribution in [0.1, 0.15) is 39.2 Å². The first-order chi connectivity index (χ1) is 10.6. The Bertz CT molecular complexity index is 595. The fraction of sp³-hybridized carbons (Fsp3) is 0.556. The first kappa shape index (κ1) is 17.3. The molecule has 1 atom stereocenters. The highest BCUT2D eigenvalue weighted by Crippen LogP contribution is 2.30. The fourth-order valence-electron chi connectivity index (χ4n) is 3.06. The summed E-state index contributed by atoms with van der Waals surface area (Å²) in [5.41, 5.74) is 6.22. The molecular weight excluding hydrogens is 290 g/mol. The van der Waals surface area contributed by atoms with Crippen molar-refractivity contribution < 1.29 is 9.59 Å². The van der Waals surface area contributed by atoms with Crippen molar-refractivity contribution in [3.8, 4) is 0 Å². The average molecular weight is 317 g/mol. The number of nitrogens with two attached hydrogens (primary N) is 1. The molecule has 126 valence electrons. The minimum Gasteiger partial charge on any atom is -0.372 e. The molecule has 1 aromatic carbocycles. The Labute approximate surface area is 138 Å². The van der Waals surface area contributed by atoms with Crippen LogP contribution in [0.5, 0.6) is 0 Å². The summed E-state index contributed by atoms with van der Waals surface area (Å²) in [7, 11) is 0. The van der Waals surface area contributed by atoms with Gasteiger partial charge in [0.2, 0.25) is 11.8 Å². The summed E-state index contributed by atoms with van der Waals surface area (Å²) in [5, 5.41) is 3.29. The third kappa shape index (κ3) is 3.84. The van der Waals surface area contributed by atoms with Gasteiger partial charge in [0.25, 0.3) is 0 Å². The number of hydrogen-bond donors (Lipinski definition) is 2. The number of carbonyl (C=O) groups excluding carboxylic acids is 2. The van der Waals surface area contributed by atoms with Crippen molar-refractivity contribution in [1.29, 1.82) is 0 Å². The highest BCUT2D eigenvalue weighted by atomic mass is 16.2. The van der Waals surface area contributed by atoms with Crippen LogP contribution in [0.25, 0.3) is 0 Å².